The fraction of sp³-hybridized carbons (Fsp3) is 0.303. The van der Waals surface area contributed by atoms with Crippen LogP contribution in [0.3, 0.4) is 0 Å². The summed E-state index contributed by atoms with van der Waals surface area (Å²) in [7, 11) is 0. The van der Waals surface area contributed by atoms with Crippen molar-refractivity contribution in [1.82, 2.24) is 15.2 Å². The molecule has 3 aliphatic rings. The van der Waals surface area contributed by atoms with Gasteiger partial charge in [0.15, 0.2) is 5.75 Å². The van der Waals surface area contributed by atoms with E-state index in [2.05, 4.69) is 80.9 Å². The molecular formula is C33H35N5O3S. The molecule has 42 heavy (non-hydrogen) atoms. The summed E-state index contributed by atoms with van der Waals surface area (Å²) in [5.41, 5.74) is 4.80. The number of fused-ring (bicyclic) bond motifs is 2. The van der Waals surface area contributed by atoms with Gasteiger partial charge in [0.2, 0.25) is 5.56 Å². The molecule has 0 aliphatic carbocycles. The number of hydrogen-bond donors (Lipinski definition) is 3. The van der Waals surface area contributed by atoms with Crippen molar-refractivity contribution in [3.05, 3.63) is 94.8 Å². The van der Waals surface area contributed by atoms with Crippen molar-refractivity contribution in [2.24, 2.45) is 0 Å². The number of piperazine rings is 1. The van der Waals surface area contributed by atoms with Crippen molar-refractivity contribution in [3.63, 3.8) is 0 Å². The first-order valence-corrected chi connectivity index (χ1v) is 15.4. The van der Waals surface area contributed by atoms with Gasteiger partial charge < -0.3 is 24.7 Å². The monoisotopic (exact) mass is 581 g/mol. The van der Waals surface area contributed by atoms with Gasteiger partial charge in [-0.25, -0.2) is 0 Å². The topological polar surface area (TPSA) is 81.9 Å². The van der Waals surface area contributed by atoms with E-state index in [-0.39, 0.29) is 11.7 Å². The number of aromatic nitrogens is 1. The highest BCUT2D eigenvalue weighted by molar-refractivity contribution is 7.99. The number of aromatic amines is 1. The van der Waals surface area contributed by atoms with Crippen molar-refractivity contribution in [3.8, 4) is 22.8 Å². The Morgan fingerprint density at radius 2 is 1.81 bits per heavy atom. The minimum Gasteiger partial charge on any atom is -0.454 e. The number of nitrogens with one attached hydrogen (secondary N) is 3. The van der Waals surface area contributed by atoms with Crippen LogP contribution in [0.1, 0.15) is 18.5 Å². The normalized spacial score (nSPS) is 19.4. The maximum atomic E-state index is 12.6. The number of morpholine rings is 1. The van der Waals surface area contributed by atoms with E-state index in [0.717, 1.165) is 76.6 Å². The van der Waals surface area contributed by atoms with Gasteiger partial charge in [-0.15, -0.1) is 0 Å². The summed E-state index contributed by atoms with van der Waals surface area (Å²) in [6.45, 7) is 8.01. The molecule has 2 atom stereocenters. The molecule has 0 spiro atoms. The van der Waals surface area contributed by atoms with E-state index in [1.165, 1.54) is 5.56 Å². The summed E-state index contributed by atoms with van der Waals surface area (Å²) in [5, 5.41) is 7.32. The fourth-order valence-electron chi connectivity index (χ4n) is 5.95. The zero-order valence-electron chi connectivity index (χ0n) is 23.6. The SMILES string of the molecule is CC(c1ccccc1)N1CCNC(Nc2ccc3c(c2)Sc2cccc(-c4cc(N5CCOCC5)cc(=O)[nH]4)c2O3)C1. The highest BCUT2D eigenvalue weighted by atomic mass is 32.2. The summed E-state index contributed by atoms with van der Waals surface area (Å²) in [5.74, 6) is 1.58. The molecular weight excluding hydrogens is 546 g/mol. The molecule has 3 N–H and O–H groups in total. The number of nitrogens with zero attached hydrogens (tertiary/aromatic N) is 2. The smallest absolute Gasteiger partial charge is 0.250 e. The van der Waals surface area contributed by atoms with Gasteiger partial charge in [0.25, 0.3) is 0 Å². The van der Waals surface area contributed by atoms with E-state index < -0.39 is 0 Å². The standard InChI is InChI=1S/C33H35N5O3S/c1-22(23-6-3-2-4-7-23)38-13-12-34-31(21-38)35-24-10-11-28-30(18-24)42-29-9-5-8-26(33(29)41-28)27-19-25(20-32(39)36-27)37-14-16-40-17-15-37/h2-11,18-20,22,31,34-35H,12-17,21H2,1H3,(H,36,39). The van der Waals surface area contributed by atoms with Crippen LogP contribution in [-0.2, 0) is 4.74 Å². The molecule has 4 aromatic rings. The molecule has 0 amide bonds. The van der Waals surface area contributed by atoms with Crippen LogP contribution in [0.2, 0.25) is 0 Å². The summed E-state index contributed by atoms with van der Waals surface area (Å²) in [6.07, 6.45) is 0.145. The Balaban J connectivity index is 1.08. The average molecular weight is 582 g/mol. The Bertz CT molecular complexity index is 1620. The van der Waals surface area contributed by atoms with Crippen molar-refractivity contribution in [2.45, 2.75) is 28.9 Å². The van der Waals surface area contributed by atoms with Gasteiger partial charge in [-0.1, -0.05) is 48.2 Å². The Morgan fingerprint density at radius 3 is 2.67 bits per heavy atom. The number of anilines is 2. The zero-order valence-corrected chi connectivity index (χ0v) is 24.5. The molecule has 0 bridgehead atoms. The molecule has 216 valence electrons. The number of H-pyrrole nitrogens is 1. The summed E-state index contributed by atoms with van der Waals surface area (Å²) in [6, 6.07) is 27.1. The molecule has 1 aromatic heterocycles. The first kappa shape index (κ1) is 27.1. The molecule has 0 radical (unpaired) electrons. The summed E-state index contributed by atoms with van der Waals surface area (Å²) >= 11 is 1.69. The maximum absolute atomic E-state index is 12.6. The van der Waals surface area contributed by atoms with Crippen molar-refractivity contribution < 1.29 is 9.47 Å². The van der Waals surface area contributed by atoms with E-state index in [1.54, 1.807) is 17.8 Å². The first-order valence-electron chi connectivity index (χ1n) is 14.6. The number of ether oxygens (including phenoxy) is 2. The highest BCUT2D eigenvalue weighted by Crippen LogP contribution is 2.51. The third-order valence-electron chi connectivity index (χ3n) is 8.23. The average Bonchev–Trinajstić information content (AvgIpc) is 3.04. The van der Waals surface area contributed by atoms with Crippen LogP contribution in [-0.4, -0.2) is 62.0 Å². The Hall–Kier alpha value is -3.76. The van der Waals surface area contributed by atoms with Gasteiger partial charge >= 0.3 is 0 Å². The predicted octanol–water partition coefficient (Wildman–Crippen LogP) is 5.54. The van der Waals surface area contributed by atoms with Crippen LogP contribution < -0.4 is 25.8 Å². The quantitative estimate of drug-likeness (QED) is 0.241. The van der Waals surface area contributed by atoms with Crippen LogP contribution in [0.4, 0.5) is 11.4 Å². The van der Waals surface area contributed by atoms with Gasteiger partial charge in [0, 0.05) is 61.8 Å². The largest absolute Gasteiger partial charge is 0.454 e. The van der Waals surface area contributed by atoms with Crippen LogP contribution in [0.25, 0.3) is 11.3 Å². The molecule has 4 heterocycles. The Labute approximate surface area is 250 Å². The number of pyridine rings is 1. The Kier molecular flexibility index (Phi) is 7.65. The van der Waals surface area contributed by atoms with Crippen molar-refractivity contribution in [1.29, 1.82) is 0 Å². The minimum absolute atomic E-state index is 0.126. The van der Waals surface area contributed by atoms with Crippen LogP contribution in [0, 0.1) is 0 Å². The molecule has 3 aromatic carbocycles. The maximum Gasteiger partial charge on any atom is 0.250 e. The molecule has 2 fully saturated rings. The Morgan fingerprint density at radius 1 is 0.952 bits per heavy atom. The van der Waals surface area contributed by atoms with E-state index >= 15 is 0 Å². The molecule has 0 saturated carbocycles. The van der Waals surface area contributed by atoms with E-state index in [1.807, 2.05) is 24.3 Å². The lowest BCUT2D eigenvalue weighted by Gasteiger charge is -2.38. The molecule has 7 rings (SSSR count). The van der Waals surface area contributed by atoms with Crippen LogP contribution >= 0.6 is 11.8 Å². The predicted molar refractivity (Wildman–Crippen MR) is 168 cm³/mol. The summed E-state index contributed by atoms with van der Waals surface area (Å²) in [4.78, 5) is 22.5. The number of benzene rings is 3. The second kappa shape index (κ2) is 11.9. The van der Waals surface area contributed by atoms with E-state index in [9.17, 15) is 4.79 Å². The number of hydrogen-bond acceptors (Lipinski definition) is 8. The molecule has 9 heteroatoms. The molecule has 8 nitrogen and oxygen atoms in total. The van der Waals surface area contributed by atoms with E-state index in [0.29, 0.717) is 19.3 Å². The van der Waals surface area contributed by atoms with Gasteiger partial charge in [-0.3, -0.25) is 15.0 Å². The fourth-order valence-corrected chi connectivity index (χ4v) is 6.97. The summed E-state index contributed by atoms with van der Waals surface area (Å²) < 4.78 is 12.0. The lowest BCUT2D eigenvalue weighted by Crippen LogP contribution is -2.54. The van der Waals surface area contributed by atoms with Crippen molar-refractivity contribution in [2.75, 3.05) is 56.2 Å². The third kappa shape index (κ3) is 5.65. The minimum atomic E-state index is -0.126. The van der Waals surface area contributed by atoms with Crippen LogP contribution in [0.5, 0.6) is 11.5 Å². The lowest BCUT2D eigenvalue weighted by atomic mass is 10.1. The zero-order chi connectivity index (χ0) is 28.5. The van der Waals surface area contributed by atoms with Gasteiger partial charge in [0.1, 0.15) is 5.75 Å². The molecule has 3 aliphatic heterocycles. The van der Waals surface area contributed by atoms with Crippen molar-refractivity contribution >= 4 is 23.1 Å². The van der Waals surface area contributed by atoms with E-state index in [4.69, 9.17) is 9.47 Å². The number of rotatable bonds is 6. The molecule has 2 saturated heterocycles. The highest BCUT2D eigenvalue weighted by Gasteiger charge is 2.26. The second-order valence-corrected chi connectivity index (χ2v) is 12.0. The lowest BCUT2D eigenvalue weighted by molar-refractivity contribution is 0.122. The van der Waals surface area contributed by atoms with Gasteiger partial charge in [-0.05, 0) is 48.9 Å². The number of para-hydroxylation sites is 1. The molecule has 2 unspecified atom stereocenters. The first-order chi connectivity index (χ1) is 20.6. The third-order valence-corrected chi connectivity index (χ3v) is 9.31. The van der Waals surface area contributed by atoms with Crippen LogP contribution in [0.15, 0.2) is 93.4 Å². The second-order valence-electron chi connectivity index (χ2n) is 10.9. The van der Waals surface area contributed by atoms with Gasteiger partial charge in [0.05, 0.1) is 34.9 Å². The van der Waals surface area contributed by atoms with Gasteiger partial charge in [-0.2, -0.15) is 0 Å².